The predicted octanol–water partition coefficient (Wildman–Crippen LogP) is 2.34. The summed E-state index contributed by atoms with van der Waals surface area (Å²) in [5, 5.41) is 16.6. The molecule has 7 heteroatoms. The summed E-state index contributed by atoms with van der Waals surface area (Å²) in [7, 11) is 0. The van der Waals surface area contributed by atoms with Crippen molar-refractivity contribution in [1.82, 2.24) is 15.2 Å². The zero-order valence-electron chi connectivity index (χ0n) is 9.97. The van der Waals surface area contributed by atoms with Crippen LogP contribution in [-0.4, -0.2) is 21.4 Å². The first-order valence-corrected chi connectivity index (χ1v) is 7.30. The maximum atomic E-state index is 9.16. The van der Waals surface area contributed by atoms with Gasteiger partial charge in [-0.15, -0.1) is 28.2 Å². The average Bonchev–Trinajstić information content (AvgIpc) is 2.76. The van der Waals surface area contributed by atoms with E-state index >= 15 is 0 Å². The SMILES string of the molecule is CCc1c(C#N)sc(SC)c1-c1cnnc(N)n1. The van der Waals surface area contributed by atoms with E-state index in [1.165, 1.54) is 11.3 Å². The Labute approximate surface area is 113 Å². The van der Waals surface area contributed by atoms with Gasteiger partial charge in [-0.1, -0.05) is 6.92 Å². The molecule has 0 aliphatic heterocycles. The Bertz CT molecular complexity index is 614. The van der Waals surface area contributed by atoms with Crippen LogP contribution in [0.3, 0.4) is 0 Å². The largest absolute Gasteiger partial charge is 0.366 e. The Balaban J connectivity index is 2.69. The lowest BCUT2D eigenvalue weighted by Crippen LogP contribution is -1.99. The summed E-state index contributed by atoms with van der Waals surface area (Å²) in [6, 6.07) is 2.24. The molecule has 2 heterocycles. The van der Waals surface area contributed by atoms with Crippen molar-refractivity contribution in [2.75, 3.05) is 12.0 Å². The molecule has 0 bridgehead atoms. The van der Waals surface area contributed by atoms with Crippen molar-refractivity contribution in [3.8, 4) is 17.3 Å². The number of thiophene rings is 1. The molecule has 2 rings (SSSR count). The van der Waals surface area contributed by atoms with Gasteiger partial charge in [-0.25, -0.2) is 4.98 Å². The van der Waals surface area contributed by atoms with Gasteiger partial charge in [0.15, 0.2) is 0 Å². The van der Waals surface area contributed by atoms with Crippen LogP contribution in [0.1, 0.15) is 17.4 Å². The monoisotopic (exact) mass is 277 g/mol. The van der Waals surface area contributed by atoms with Gasteiger partial charge in [0.25, 0.3) is 0 Å². The maximum absolute atomic E-state index is 9.16. The maximum Gasteiger partial charge on any atom is 0.240 e. The number of hydrogen-bond donors (Lipinski definition) is 1. The number of nitrogens with two attached hydrogens (primary N) is 1. The van der Waals surface area contributed by atoms with Crippen LogP contribution in [0, 0.1) is 11.3 Å². The van der Waals surface area contributed by atoms with Gasteiger partial charge in [0.05, 0.1) is 16.1 Å². The zero-order chi connectivity index (χ0) is 13.1. The van der Waals surface area contributed by atoms with E-state index in [-0.39, 0.29) is 5.95 Å². The first-order chi connectivity index (χ1) is 8.71. The number of hydrogen-bond acceptors (Lipinski definition) is 7. The standard InChI is InChI=1S/C11H11N5S2/c1-3-6-8(4-12)18-10(17-2)9(6)7-5-14-16-11(13)15-7/h5H,3H2,1-2H3,(H2,13,15,16). The van der Waals surface area contributed by atoms with Crippen LogP contribution in [0.25, 0.3) is 11.3 Å². The van der Waals surface area contributed by atoms with E-state index in [1.807, 2.05) is 13.2 Å². The molecule has 0 saturated heterocycles. The van der Waals surface area contributed by atoms with Crippen molar-refractivity contribution in [3.05, 3.63) is 16.6 Å². The summed E-state index contributed by atoms with van der Waals surface area (Å²) in [6.07, 6.45) is 4.34. The molecule has 0 unspecified atom stereocenters. The Morgan fingerprint density at radius 2 is 2.33 bits per heavy atom. The fraction of sp³-hybridized carbons (Fsp3) is 0.273. The highest BCUT2D eigenvalue weighted by Gasteiger charge is 2.19. The number of rotatable bonds is 3. The third-order valence-electron chi connectivity index (χ3n) is 2.45. The Hall–Kier alpha value is -1.65. The van der Waals surface area contributed by atoms with Gasteiger partial charge in [-0.05, 0) is 18.2 Å². The van der Waals surface area contributed by atoms with Gasteiger partial charge in [-0.3, -0.25) is 0 Å². The molecule has 2 aromatic rings. The lowest BCUT2D eigenvalue weighted by Gasteiger charge is -2.04. The molecule has 0 aliphatic carbocycles. The highest BCUT2D eigenvalue weighted by atomic mass is 32.2. The van der Waals surface area contributed by atoms with Crippen LogP contribution in [0.15, 0.2) is 10.4 Å². The number of thioether (sulfide) groups is 1. The van der Waals surface area contributed by atoms with Crippen LogP contribution >= 0.6 is 23.1 Å². The average molecular weight is 277 g/mol. The number of nitriles is 1. The Kier molecular flexibility index (Phi) is 3.79. The molecule has 0 fully saturated rings. The van der Waals surface area contributed by atoms with Gasteiger partial charge >= 0.3 is 0 Å². The molecule has 0 atom stereocenters. The second-order valence-corrected chi connectivity index (χ2v) is 5.54. The first-order valence-electron chi connectivity index (χ1n) is 5.26. The zero-order valence-corrected chi connectivity index (χ0v) is 11.6. The van der Waals surface area contributed by atoms with Crippen molar-refractivity contribution in [1.29, 1.82) is 5.26 Å². The summed E-state index contributed by atoms with van der Waals surface area (Å²) in [5.41, 5.74) is 8.22. The molecular formula is C11H11N5S2. The molecule has 5 nitrogen and oxygen atoms in total. The highest BCUT2D eigenvalue weighted by Crippen LogP contribution is 2.41. The minimum absolute atomic E-state index is 0.145. The van der Waals surface area contributed by atoms with Crippen molar-refractivity contribution in [2.45, 2.75) is 17.6 Å². The van der Waals surface area contributed by atoms with Crippen LogP contribution in [0.4, 0.5) is 5.95 Å². The van der Waals surface area contributed by atoms with Gasteiger partial charge < -0.3 is 5.73 Å². The highest BCUT2D eigenvalue weighted by molar-refractivity contribution is 8.00. The first kappa shape index (κ1) is 12.8. The summed E-state index contributed by atoms with van der Waals surface area (Å²) in [5.74, 6) is 0.145. The molecule has 92 valence electrons. The number of anilines is 1. The second kappa shape index (κ2) is 5.33. The molecule has 0 saturated carbocycles. The molecule has 18 heavy (non-hydrogen) atoms. The van der Waals surface area contributed by atoms with E-state index in [9.17, 15) is 0 Å². The van der Waals surface area contributed by atoms with E-state index in [1.54, 1.807) is 18.0 Å². The Morgan fingerprint density at radius 1 is 1.56 bits per heavy atom. The number of nitrogen functional groups attached to an aromatic ring is 1. The topological polar surface area (TPSA) is 88.5 Å². The van der Waals surface area contributed by atoms with Crippen LogP contribution in [-0.2, 0) is 6.42 Å². The van der Waals surface area contributed by atoms with E-state index in [0.29, 0.717) is 5.69 Å². The number of nitrogens with zero attached hydrogens (tertiary/aromatic N) is 4. The number of aromatic nitrogens is 3. The molecule has 0 aromatic carbocycles. The fourth-order valence-corrected chi connectivity index (χ4v) is 3.66. The third-order valence-corrected chi connectivity index (χ3v) is 4.70. The normalized spacial score (nSPS) is 10.3. The summed E-state index contributed by atoms with van der Waals surface area (Å²) in [6.45, 7) is 2.02. The van der Waals surface area contributed by atoms with Gasteiger partial charge in [0.2, 0.25) is 5.95 Å². The van der Waals surface area contributed by atoms with Crippen LogP contribution in [0.2, 0.25) is 0 Å². The Morgan fingerprint density at radius 3 is 2.89 bits per heavy atom. The predicted molar refractivity (Wildman–Crippen MR) is 73.4 cm³/mol. The van der Waals surface area contributed by atoms with Crippen molar-refractivity contribution >= 4 is 29.0 Å². The van der Waals surface area contributed by atoms with Crippen molar-refractivity contribution in [2.24, 2.45) is 0 Å². The van der Waals surface area contributed by atoms with E-state index in [2.05, 4.69) is 21.3 Å². The minimum Gasteiger partial charge on any atom is -0.366 e. The molecule has 0 amide bonds. The van der Waals surface area contributed by atoms with Gasteiger partial charge in [-0.2, -0.15) is 10.4 Å². The van der Waals surface area contributed by atoms with Crippen molar-refractivity contribution < 1.29 is 0 Å². The third kappa shape index (κ3) is 2.17. The van der Waals surface area contributed by atoms with E-state index < -0.39 is 0 Å². The van der Waals surface area contributed by atoms with Crippen LogP contribution in [0.5, 0.6) is 0 Å². The molecular weight excluding hydrogens is 266 g/mol. The smallest absolute Gasteiger partial charge is 0.240 e. The molecule has 0 aliphatic rings. The second-order valence-electron chi connectivity index (χ2n) is 3.44. The van der Waals surface area contributed by atoms with Gasteiger partial charge in [0, 0.05) is 5.56 Å². The minimum atomic E-state index is 0.145. The molecule has 0 radical (unpaired) electrons. The van der Waals surface area contributed by atoms with Gasteiger partial charge in [0.1, 0.15) is 10.9 Å². The van der Waals surface area contributed by atoms with Crippen molar-refractivity contribution in [3.63, 3.8) is 0 Å². The molecule has 0 spiro atoms. The van der Waals surface area contributed by atoms with E-state index in [4.69, 9.17) is 11.0 Å². The lowest BCUT2D eigenvalue weighted by molar-refractivity contribution is 0.986. The molecule has 2 N–H and O–H groups in total. The summed E-state index contributed by atoms with van der Waals surface area (Å²) < 4.78 is 1.06. The van der Waals surface area contributed by atoms with E-state index in [0.717, 1.165) is 26.6 Å². The summed E-state index contributed by atoms with van der Waals surface area (Å²) >= 11 is 3.08. The quantitative estimate of drug-likeness (QED) is 0.866. The van der Waals surface area contributed by atoms with Crippen LogP contribution < -0.4 is 5.73 Å². The molecule has 2 aromatic heterocycles. The summed E-state index contributed by atoms with van der Waals surface area (Å²) in [4.78, 5) is 4.93. The lowest BCUT2D eigenvalue weighted by atomic mass is 10.1. The fourth-order valence-electron chi connectivity index (χ4n) is 1.71.